The average molecular weight is 342 g/mol. The molecule has 0 fully saturated rings. The monoisotopic (exact) mass is 342 g/mol. The molecule has 4 rings (SSSR count). The lowest BCUT2D eigenvalue weighted by Gasteiger charge is -2.41. The number of anilines is 2. The van der Waals surface area contributed by atoms with Crippen molar-refractivity contribution in [2.75, 3.05) is 10.2 Å². The maximum atomic E-state index is 12.5. The van der Waals surface area contributed by atoms with Gasteiger partial charge in [-0.1, -0.05) is 66.7 Å². The van der Waals surface area contributed by atoms with Gasteiger partial charge in [0.25, 0.3) is 0 Å². The van der Waals surface area contributed by atoms with Gasteiger partial charge < -0.3 is 10.2 Å². The summed E-state index contributed by atoms with van der Waals surface area (Å²) >= 11 is 0. The largest absolute Gasteiger partial charge is 0.378 e. The predicted octanol–water partition coefficient (Wildman–Crippen LogP) is 5.34. The van der Waals surface area contributed by atoms with E-state index in [4.69, 9.17) is 0 Å². The van der Waals surface area contributed by atoms with Gasteiger partial charge in [-0.05, 0) is 35.7 Å². The lowest BCUT2D eigenvalue weighted by molar-refractivity contribution is -0.117. The van der Waals surface area contributed by atoms with Gasteiger partial charge in [0, 0.05) is 18.3 Å². The quantitative estimate of drug-likeness (QED) is 0.697. The molecule has 130 valence electrons. The molecular formula is C23H22N2O. The highest BCUT2D eigenvalue weighted by atomic mass is 16.2. The van der Waals surface area contributed by atoms with Gasteiger partial charge in [0.05, 0.1) is 12.1 Å². The second-order valence-electron chi connectivity index (χ2n) is 6.67. The fraction of sp³-hybridized carbons (Fsp3) is 0.174. The van der Waals surface area contributed by atoms with E-state index in [-0.39, 0.29) is 18.0 Å². The van der Waals surface area contributed by atoms with Gasteiger partial charge in [-0.3, -0.25) is 4.79 Å². The van der Waals surface area contributed by atoms with E-state index in [1.807, 2.05) is 59.5 Å². The molecule has 0 aromatic heterocycles. The van der Waals surface area contributed by atoms with Crippen LogP contribution in [-0.2, 0) is 4.79 Å². The van der Waals surface area contributed by atoms with Crippen molar-refractivity contribution in [1.82, 2.24) is 0 Å². The minimum Gasteiger partial charge on any atom is -0.378 e. The van der Waals surface area contributed by atoms with E-state index in [1.165, 1.54) is 5.56 Å². The molecule has 1 amide bonds. The van der Waals surface area contributed by atoms with Gasteiger partial charge in [-0.25, -0.2) is 0 Å². The third-order valence-electron chi connectivity index (χ3n) is 4.98. The Morgan fingerprint density at radius 3 is 2.19 bits per heavy atom. The average Bonchev–Trinajstić information content (AvgIpc) is 2.69. The highest BCUT2D eigenvalue weighted by molar-refractivity contribution is 5.94. The molecule has 0 radical (unpaired) electrons. The molecule has 3 nitrogen and oxygen atoms in total. The van der Waals surface area contributed by atoms with Gasteiger partial charge in [0.15, 0.2) is 0 Å². The van der Waals surface area contributed by atoms with Crippen LogP contribution < -0.4 is 10.2 Å². The number of fused-ring (bicyclic) bond motifs is 1. The zero-order valence-corrected chi connectivity index (χ0v) is 14.8. The zero-order valence-electron chi connectivity index (χ0n) is 14.8. The first-order chi connectivity index (χ1) is 12.7. The molecule has 0 saturated carbocycles. The van der Waals surface area contributed by atoms with Crippen LogP contribution in [0.25, 0.3) is 0 Å². The third kappa shape index (κ3) is 3.08. The lowest BCUT2D eigenvalue weighted by Crippen LogP contribution is -2.39. The molecule has 2 atom stereocenters. The van der Waals surface area contributed by atoms with Crippen LogP contribution in [0, 0.1) is 0 Å². The molecule has 1 heterocycles. The topological polar surface area (TPSA) is 32.3 Å². The van der Waals surface area contributed by atoms with E-state index >= 15 is 0 Å². The van der Waals surface area contributed by atoms with Gasteiger partial charge in [0.1, 0.15) is 0 Å². The second-order valence-corrected chi connectivity index (χ2v) is 6.67. The van der Waals surface area contributed by atoms with E-state index in [1.54, 1.807) is 6.92 Å². The first-order valence-electron chi connectivity index (χ1n) is 8.99. The Bertz CT molecular complexity index is 892. The fourth-order valence-electron chi connectivity index (χ4n) is 3.85. The number of hydrogen-bond acceptors (Lipinski definition) is 2. The minimum atomic E-state index is 0.0183. The number of nitrogens with one attached hydrogen (secondary N) is 1. The lowest BCUT2D eigenvalue weighted by atomic mass is 9.87. The first-order valence-corrected chi connectivity index (χ1v) is 8.99. The van der Waals surface area contributed by atoms with E-state index < -0.39 is 0 Å². The van der Waals surface area contributed by atoms with Gasteiger partial charge in [-0.15, -0.1) is 0 Å². The number of para-hydroxylation sites is 2. The Labute approximate surface area is 154 Å². The fourth-order valence-corrected chi connectivity index (χ4v) is 3.85. The first kappa shape index (κ1) is 16.4. The van der Waals surface area contributed by atoms with Crippen molar-refractivity contribution in [3.05, 3.63) is 96.1 Å². The molecule has 1 aliphatic heterocycles. The third-order valence-corrected chi connectivity index (χ3v) is 4.98. The minimum absolute atomic E-state index is 0.0183. The van der Waals surface area contributed by atoms with Crippen molar-refractivity contribution in [3.8, 4) is 0 Å². The summed E-state index contributed by atoms with van der Waals surface area (Å²) in [6.45, 7) is 1.65. The molecule has 26 heavy (non-hydrogen) atoms. The zero-order chi connectivity index (χ0) is 17.9. The normalized spacial score (nSPS) is 18.9. The number of carbonyl (C=O) groups is 1. The molecule has 1 aliphatic rings. The van der Waals surface area contributed by atoms with E-state index in [0.29, 0.717) is 0 Å². The summed E-state index contributed by atoms with van der Waals surface area (Å²) in [4.78, 5) is 14.5. The van der Waals surface area contributed by atoms with E-state index in [9.17, 15) is 4.79 Å². The summed E-state index contributed by atoms with van der Waals surface area (Å²) in [5.41, 5.74) is 4.42. The van der Waals surface area contributed by atoms with Crippen LogP contribution >= 0.6 is 0 Å². The van der Waals surface area contributed by atoms with Crippen LogP contribution in [0.15, 0.2) is 84.9 Å². The number of hydrogen-bond donors (Lipinski definition) is 1. The summed E-state index contributed by atoms with van der Waals surface area (Å²) in [7, 11) is 0. The Balaban J connectivity index is 1.78. The van der Waals surface area contributed by atoms with Crippen LogP contribution in [-0.4, -0.2) is 5.91 Å². The molecule has 0 bridgehead atoms. The SMILES string of the molecule is CC(=O)N1c2ccccc2[C@@H](Nc2ccccc2)C[C@H]1c1ccccc1. The van der Waals surface area contributed by atoms with Gasteiger partial charge >= 0.3 is 0 Å². The number of nitrogens with zero attached hydrogens (tertiary/aromatic N) is 1. The summed E-state index contributed by atoms with van der Waals surface area (Å²) in [6.07, 6.45) is 0.829. The number of benzene rings is 3. The smallest absolute Gasteiger partial charge is 0.224 e. The molecule has 0 unspecified atom stereocenters. The molecular weight excluding hydrogens is 320 g/mol. The summed E-state index contributed by atoms with van der Waals surface area (Å²) in [6, 6.07) is 28.9. The van der Waals surface area contributed by atoms with Crippen LogP contribution in [0.5, 0.6) is 0 Å². The number of carbonyl (C=O) groups excluding carboxylic acids is 1. The summed E-state index contributed by atoms with van der Waals surface area (Å²) in [5, 5.41) is 3.66. The molecule has 1 N–H and O–H groups in total. The Morgan fingerprint density at radius 2 is 1.50 bits per heavy atom. The highest BCUT2D eigenvalue weighted by Gasteiger charge is 2.35. The molecule has 3 aromatic rings. The van der Waals surface area contributed by atoms with Crippen molar-refractivity contribution in [2.24, 2.45) is 0 Å². The molecule has 3 aromatic carbocycles. The van der Waals surface area contributed by atoms with Gasteiger partial charge in [0.2, 0.25) is 5.91 Å². The Hall–Kier alpha value is -3.07. The van der Waals surface area contributed by atoms with Gasteiger partial charge in [-0.2, -0.15) is 0 Å². The number of amides is 1. The van der Waals surface area contributed by atoms with Crippen molar-refractivity contribution < 1.29 is 4.79 Å². The Kier molecular flexibility index (Phi) is 4.44. The Morgan fingerprint density at radius 1 is 0.885 bits per heavy atom. The van der Waals surface area contributed by atoms with Crippen molar-refractivity contribution in [1.29, 1.82) is 0 Å². The van der Waals surface area contributed by atoms with Crippen LogP contribution in [0.3, 0.4) is 0 Å². The van der Waals surface area contributed by atoms with Crippen molar-refractivity contribution in [3.63, 3.8) is 0 Å². The maximum absolute atomic E-state index is 12.5. The van der Waals surface area contributed by atoms with E-state index in [2.05, 4.69) is 35.6 Å². The summed E-state index contributed by atoms with van der Waals surface area (Å²) in [5.74, 6) is 0.0736. The van der Waals surface area contributed by atoms with Crippen molar-refractivity contribution >= 4 is 17.3 Å². The maximum Gasteiger partial charge on any atom is 0.224 e. The van der Waals surface area contributed by atoms with Crippen molar-refractivity contribution in [2.45, 2.75) is 25.4 Å². The summed E-state index contributed by atoms with van der Waals surface area (Å²) < 4.78 is 0. The van der Waals surface area contributed by atoms with Crippen LogP contribution in [0.2, 0.25) is 0 Å². The second kappa shape index (κ2) is 7.04. The standard InChI is InChI=1S/C23H22N2O/c1-17(26)25-22-15-9-8-14-20(22)21(24-19-12-6-3-7-13-19)16-23(25)18-10-4-2-5-11-18/h2-15,21,23-24H,16H2,1H3/t21-,23-/m0/s1. The van der Waals surface area contributed by atoms with Crippen LogP contribution in [0.4, 0.5) is 11.4 Å². The van der Waals surface area contributed by atoms with Crippen LogP contribution in [0.1, 0.15) is 36.6 Å². The van der Waals surface area contributed by atoms with E-state index in [0.717, 1.165) is 23.4 Å². The number of rotatable bonds is 3. The molecule has 3 heteroatoms. The predicted molar refractivity (Wildman–Crippen MR) is 106 cm³/mol. The molecule has 0 spiro atoms. The molecule has 0 saturated heterocycles. The highest BCUT2D eigenvalue weighted by Crippen LogP contribution is 2.44. The molecule has 0 aliphatic carbocycles.